The monoisotopic (exact) mass is 346 g/mol. The zero-order chi connectivity index (χ0) is 14.8. The summed E-state index contributed by atoms with van der Waals surface area (Å²) in [4.78, 5) is 11.4. The van der Waals surface area contributed by atoms with Crippen LogP contribution in [0.5, 0.6) is 5.75 Å². The van der Waals surface area contributed by atoms with E-state index in [4.69, 9.17) is 4.74 Å². The number of anilines is 2. The second-order valence-corrected chi connectivity index (χ2v) is 5.79. The maximum atomic E-state index is 11.4. The zero-order valence-corrected chi connectivity index (χ0v) is 13.1. The molecule has 1 amide bonds. The van der Waals surface area contributed by atoms with Crippen LogP contribution < -0.4 is 15.4 Å². The fourth-order valence-electron chi connectivity index (χ4n) is 2.33. The molecular formula is C16H15BrN2O2. The van der Waals surface area contributed by atoms with Crippen molar-refractivity contribution in [2.45, 2.75) is 13.0 Å². The largest absolute Gasteiger partial charge is 0.482 e. The summed E-state index contributed by atoms with van der Waals surface area (Å²) in [6.45, 7) is 2.17. The number of amides is 1. The summed E-state index contributed by atoms with van der Waals surface area (Å²) in [5.41, 5.74) is 2.81. The summed E-state index contributed by atoms with van der Waals surface area (Å²) in [6.07, 6.45) is 0. The predicted octanol–water partition coefficient (Wildman–Crippen LogP) is 3.95. The zero-order valence-electron chi connectivity index (χ0n) is 11.5. The molecule has 1 unspecified atom stereocenters. The third-order valence-corrected chi connectivity index (χ3v) is 4.09. The molecule has 108 valence electrons. The number of hydrogen-bond donors (Lipinski definition) is 2. The highest BCUT2D eigenvalue weighted by molar-refractivity contribution is 9.10. The van der Waals surface area contributed by atoms with Crippen molar-refractivity contribution in [1.82, 2.24) is 0 Å². The van der Waals surface area contributed by atoms with E-state index in [1.165, 1.54) is 5.56 Å². The van der Waals surface area contributed by atoms with Crippen LogP contribution in [0.25, 0.3) is 0 Å². The molecule has 1 heterocycles. The highest BCUT2D eigenvalue weighted by atomic mass is 79.9. The van der Waals surface area contributed by atoms with Crippen molar-refractivity contribution in [3.8, 4) is 5.75 Å². The molecule has 0 spiro atoms. The van der Waals surface area contributed by atoms with Gasteiger partial charge in [0.25, 0.3) is 5.91 Å². The van der Waals surface area contributed by atoms with E-state index < -0.39 is 0 Å². The Labute approximate surface area is 131 Å². The Morgan fingerprint density at radius 1 is 1.29 bits per heavy atom. The van der Waals surface area contributed by atoms with Crippen LogP contribution in [0.4, 0.5) is 11.4 Å². The lowest BCUT2D eigenvalue weighted by Gasteiger charge is -2.21. The molecule has 2 aromatic carbocycles. The predicted molar refractivity (Wildman–Crippen MR) is 86.7 cm³/mol. The molecule has 0 fully saturated rings. The van der Waals surface area contributed by atoms with Crippen molar-refractivity contribution < 1.29 is 9.53 Å². The SMILES string of the molecule is CC(Nc1ccc2c(c1)NC(=O)CO2)c1ccccc1Br. The lowest BCUT2D eigenvalue weighted by Crippen LogP contribution is -2.25. The molecule has 1 atom stereocenters. The van der Waals surface area contributed by atoms with E-state index in [1.807, 2.05) is 36.4 Å². The van der Waals surface area contributed by atoms with Crippen LogP contribution in [0, 0.1) is 0 Å². The van der Waals surface area contributed by atoms with Gasteiger partial charge in [-0.15, -0.1) is 0 Å². The molecule has 2 aromatic rings. The average Bonchev–Trinajstić information content (AvgIpc) is 2.47. The quantitative estimate of drug-likeness (QED) is 0.884. The highest BCUT2D eigenvalue weighted by Crippen LogP contribution is 2.32. The van der Waals surface area contributed by atoms with Gasteiger partial charge in [-0.3, -0.25) is 4.79 Å². The molecule has 0 saturated heterocycles. The van der Waals surface area contributed by atoms with Crippen molar-refractivity contribution in [3.05, 3.63) is 52.5 Å². The number of halogens is 1. The number of carbonyl (C=O) groups excluding carboxylic acids is 1. The van der Waals surface area contributed by atoms with Gasteiger partial charge in [-0.2, -0.15) is 0 Å². The lowest BCUT2D eigenvalue weighted by atomic mass is 10.1. The maximum Gasteiger partial charge on any atom is 0.262 e. The standard InChI is InChI=1S/C16H15BrN2O2/c1-10(12-4-2-3-5-13(12)17)18-11-6-7-15-14(8-11)19-16(20)9-21-15/h2-8,10,18H,9H2,1H3,(H,19,20). The number of nitrogens with one attached hydrogen (secondary N) is 2. The fourth-order valence-corrected chi connectivity index (χ4v) is 2.96. The van der Waals surface area contributed by atoms with E-state index in [0.29, 0.717) is 11.4 Å². The molecule has 21 heavy (non-hydrogen) atoms. The lowest BCUT2D eigenvalue weighted by molar-refractivity contribution is -0.118. The maximum absolute atomic E-state index is 11.4. The summed E-state index contributed by atoms with van der Waals surface area (Å²) in [6, 6.07) is 13.9. The highest BCUT2D eigenvalue weighted by Gasteiger charge is 2.16. The summed E-state index contributed by atoms with van der Waals surface area (Å²) in [5.74, 6) is 0.576. The molecule has 3 rings (SSSR count). The Kier molecular flexibility index (Phi) is 3.84. The molecule has 0 aromatic heterocycles. The van der Waals surface area contributed by atoms with Gasteiger partial charge in [0.1, 0.15) is 5.75 Å². The second kappa shape index (κ2) is 5.77. The number of ether oxygens (including phenoxy) is 1. The second-order valence-electron chi connectivity index (χ2n) is 4.94. The first-order valence-electron chi connectivity index (χ1n) is 6.71. The first kappa shape index (κ1) is 13.9. The molecule has 0 bridgehead atoms. The van der Waals surface area contributed by atoms with Gasteiger partial charge in [0.2, 0.25) is 0 Å². The van der Waals surface area contributed by atoms with Crippen LogP contribution in [-0.4, -0.2) is 12.5 Å². The van der Waals surface area contributed by atoms with Gasteiger partial charge in [-0.25, -0.2) is 0 Å². The van der Waals surface area contributed by atoms with Crippen LogP contribution in [0.3, 0.4) is 0 Å². The van der Waals surface area contributed by atoms with E-state index in [2.05, 4.69) is 39.6 Å². The topological polar surface area (TPSA) is 50.4 Å². The van der Waals surface area contributed by atoms with Crippen molar-refractivity contribution in [1.29, 1.82) is 0 Å². The van der Waals surface area contributed by atoms with E-state index in [1.54, 1.807) is 0 Å². The minimum atomic E-state index is -0.126. The van der Waals surface area contributed by atoms with Gasteiger partial charge in [0.15, 0.2) is 6.61 Å². The Bertz CT molecular complexity index is 688. The van der Waals surface area contributed by atoms with Crippen LogP contribution in [0.1, 0.15) is 18.5 Å². The van der Waals surface area contributed by atoms with Gasteiger partial charge >= 0.3 is 0 Å². The minimum absolute atomic E-state index is 0.0765. The summed E-state index contributed by atoms with van der Waals surface area (Å²) in [7, 11) is 0. The van der Waals surface area contributed by atoms with E-state index in [9.17, 15) is 4.79 Å². The molecule has 0 saturated carbocycles. The van der Waals surface area contributed by atoms with Crippen molar-refractivity contribution in [2.75, 3.05) is 17.2 Å². The molecule has 0 aliphatic carbocycles. The average molecular weight is 347 g/mol. The number of rotatable bonds is 3. The van der Waals surface area contributed by atoms with E-state index in [-0.39, 0.29) is 18.6 Å². The Morgan fingerprint density at radius 3 is 2.90 bits per heavy atom. The first-order valence-corrected chi connectivity index (χ1v) is 7.50. The van der Waals surface area contributed by atoms with Crippen molar-refractivity contribution >= 4 is 33.2 Å². The Hall–Kier alpha value is -2.01. The first-order chi connectivity index (χ1) is 10.1. The molecule has 0 radical (unpaired) electrons. The fraction of sp³-hybridized carbons (Fsp3) is 0.188. The molecule has 1 aliphatic heterocycles. The Balaban J connectivity index is 1.81. The number of fused-ring (bicyclic) bond motifs is 1. The van der Waals surface area contributed by atoms with Gasteiger partial charge in [0.05, 0.1) is 5.69 Å². The third-order valence-electron chi connectivity index (χ3n) is 3.37. The third kappa shape index (κ3) is 3.03. The Morgan fingerprint density at radius 2 is 2.10 bits per heavy atom. The number of hydrogen-bond acceptors (Lipinski definition) is 3. The van der Waals surface area contributed by atoms with Gasteiger partial charge in [-0.1, -0.05) is 34.1 Å². The van der Waals surface area contributed by atoms with Crippen molar-refractivity contribution in [2.24, 2.45) is 0 Å². The molecular weight excluding hydrogens is 332 g/mol. The van der Waals surface area contributed by atoms with Gasteiger partial charge in [-0.05, 0) is 36.8 Å². The van der Waals surface area contributed by atoms with Crippen LogP contribution >= 0.6 is 15.9 Å². The van der Waals surface area contributed by atoms with Gasteiger partial charge in [0, 0.05) is 16.2 Å². The van der Waals surface area contributed by atoms with E-state index in [0.717, 1.165) is 10.2 Å². The van der Waals surface area contributed by atoms with Crippen molar-refractivity contribution in [3.63, 3.8) is 0 Å². The van der Waals surface area contributed by atoms with Crippen LogP contribution in [0.2, 0.25) is 0 Å². The summed E-state index contributed by atoms with van der Waals surface area (Å²) >= 11 is 3.56. The van der Waals surface area contributed by atoms with E-state index >= 15 is 0 Å². The minimum Gasteiger partial charge on any atom is -0.482 e. The summed E-state index contributed by atoms with van der Waals surface area (Å²) < 4.78 is 6.42. The number of benzene rings is 2. The molecule has 2 N–H and O–H groups in total. The van der Waals surface area contributed by atoms with Gasteiger partial charge < -0.3 is 15.4 Å². The molecule has 1 aliphatic rings. The number of carbonyl (C=O) groups is 1. The molecule has 4 nitrogen and oxygen atoms in total. The smallest absolute Gasteiger partial charge is 0.262 e. The van der Waals surface area contributed by atoms with Crippen LogP contribution in [0.15, 0.2) is 46.9 Å². The summed E-state index contributed by atoms with van der Waals surface area (Å²) in [5, 5.41) is 6.24. The normalized spacial score (nSPS) is 14.7. The van der Waals surface area contributed by atoms with Crippen LogP contribution in [-0.2, 0) is 4.79 Å². The molecule has 5 heteroatoms.